The normalized spacial score (nSPS) is 10.2. The second-order valence-electron chi connectivity index (χ2n) is 3.75. The third-order valence-corrected chi connectivity index (χ3v) is 2.97. The van der Waals surface area contributed by atoms with E-state index < -0.39 is 4.92 Å². The van der Waals surface area contributed by atoms with Gasteiger partial charge in [0.25, 0.3) is 0 Å². The Bertz CT molecular complexity index is 558. The highest BCUT2D eigenvalue weighted by Crippen LogP contribution is 2.26. The molecule has 0 saturated carbocycles. The Hall–Kier alpha value is -2.22. The molecule has 0 fully saturated rings. The molecule has 0 amide bonds. The number of nitrogens with zero attached hydrogens (tertiary/aromatic N) is 3. The van der Waals surface area contributed by atoms with Crippen molar-refractivity contribution in [2.24, 2.45) is 0 Å². The Morgan fingerprint density at radius 3 is 3.00 bits per heavy atom. The highest BCUT2D eigenvalue weighted by molar-refractivity contribution is 7.08. The first-order chi connectivity index (χ1) is 9.20. The van der Waals surface area contributed by atoms with Gasteiger partial charge in [-0.25, -0.2) is 4.98 Å². The lowest BCUT2D eigenvalue weighted by molar-refractivity contribution is -0.384. The molecule has 0 bridgehead atoms. The van der Waals surface area contributed by atoms with Crippen LogP contribution in [0.25, 0.3) is 0 Å². The maximum atomic E-state index is 10.9. The summed E-state index contributed by atoms with van der Waals surface area (Å²) in [4.78, 5) is 18.5. The molecule has 2 heterocycles. The van der Waals surface area contributed by atoms with Crippen LogP contribution in [0.15, 0.2) is 23.0 Å². The predicted molar refractivity (Wildman–Crippen MR) is 75.1 cm³/mol. The van der Waals surface area contributed by atoms with Crippen LogP contribution in [0.1, 0.15) is 13.3 Å². The second-order valence-corrected chi connectivity index (χ2v) is 4.53. The average molecular weight is 279 g/mol. The van der Waals surface area contributed by atoms with E-state index in [0.717, 1.165) is 18.7 Å². The zero-order chi connectivity index (χ0) is 13.7. The highest BCUT2D eigenvalue weighted by atomic mass is 32.1. The van der Waals surface area contributed by atoms with Gasteiger partial charge in [-0.05, 0) is 17.9 Å². The predicted octanol–water partition coefficient (Wildman–Crippen LogP) is 3.01. The fourth-order valence-corrected chi connectivity index (χ4v) is 1.98. The van der Waals surface area contributed by atoms with Crippen LogP contribution in [0.5, 0.6) is 0 Å². The van der Waals surface area contributed by atoms with Crippen molar-refractivity contribution in [3.8, 4) is 0 Å². The minimum Gasteiger partial charge on any atom is -0.354 e. The summed E-state index contributed by atoms with van der Waals surface area (Å²) >= 11 is 1.50. The molecule has 0 unspecified atom stereocenters. The Morgan fingerprint density at radius 1 is 1.53 bits per heavy atom. The van der Waals surface area contributed by atoms with Gasteiger partial charge in [0.05, 0.1) is 10.6 Å². The van der Waals surface area contributed by atoms with Crippen molar-refractivity contribution in [1.29, 1.82) is 0 Å². The number of rotatable bonds is 6. The van der Waals surface area contributed by atoms with E-state index in [9.17, 15) is 10.1 Å². The van der Waals surface area contributed by atoms with Crippen LogP contribution in [-0.2, 0) is 0 Å². The molecule has 2 N–H and O–H groups in total. The maximum absolute atomic E-state index is 10.9. The number of anilines is 3. The first-order valence-corrected chi connectivity index (χ1v) is 6.69. The van der Waals surface area contributed by atoms with Crippen molar-refractivity contribution in [2.75, 3.05) is 17.2 Å². The first kappa shape index (κ1) is 13.2. The summed E-state index contributed by atoms with van der Waals surface area (Å²) < 4.78 is 0. The van der Waals surface area contributed by atoms with Crippen molar-refractivity contribution in [3.05, 3.63) is 33.1 Å². The molecule has 0 radical (unpaired) electrons. The molecule has 19 heavy (non-hydrogen) atoms. The molecule has 0 spiro atoms. The van der Waals surface area contributed by atoms with Gasteiger partial charge in [0.1, 0.15) is 6.20 Å². The molecule has 2 aromatic rings. The van der Waals surface area contributed by atoms with Gasteiger partial charge < -0.3 is 10.6 Å². The molecule has 0 atom stereocenters. The van der Waals surface area contributed by atoms with Crippen LogP contribution in [0.2, 0.25) is 0 Å². The summed E-state index contributed by atoms with van der Waals surface area (Å²) in [5.74, 6) is 0.571. The summed E-state index contributed by atoms with van der Waals surface area (Å²) in [6.45, 7) is 2.73. The van der Waals surface area contributed by atoms with E-state index in [2.05, 4.69) is 20.6 Å². The first-order valence-electron chi connectivity index (χ1n) is 5.75. The fourth-order valence-electron chi connectivity index (χ4n) is 1.40. The Balaban J connectivity index is 2.27. The molecule has 0 aliphatic heterocycles. The van der Waals surface area contributed by atoms with Crippen LogP contribution in [0.4, 0.5) is 23.1 Å². The standard InChI is InChI=1S/C11H13N5O2S/c1-2-4-12-11-13-6-9(16(17)18)10(15-11)14-8-3-5-19-7-8/h3,5-7H,2,4H2,1H3,(H2,12,13,14,15). The molecule has 0 aliphatic rings. The number of nitro groups is 1. The molecule has 100 valence electrons. The van der Waals surface area contributed by atoms with E-state index in [4.69, 9.17) is 0 Å². The van der Waals surface area contributed by atoms with Crippen molar-refractivity contribution < 1.29 is 4.92 Å². The molecular weight excluding hydrogens is 266 g/mol. The molecule has 8 heteroatoms. The van der Waals surface area contributed by atoms with Gasteiger partial charge >= 0.3 is 5.69 Å². The zero-order valence-corrected chi connectivity index (χ0v) is 11.1. The van der Waals surface area contributed by atoms with Gasteiger partial charge in [-0.1, -0.05) is 6.92 Å². The lowest BCUT2D eigenvalue weighted by atomic mass is 10.4. The molecule has 0 aromatic carbocycles. The third-order valence-electron chi connectivity index (χ3n) is 2.28. The van der Waals surface area contributed by atoms with Crippen molar-refractivity contribution >= 4 is 34.5 Å². The Morgan fingerprint density at radius 2 is 2.37 bits per heavy atom. The van der Waals surface area contributed by atoms with Gasteiger partial charge in [0.15, 0.2) is 0 Å². The Kier molecular flexibility index (Phi) is 4.24. The smallest absolute Gasteiger partial charge is 0.329 e. The molecule has 7 nitrogen and oxygen atoms in total. The minimum atomic E-state index is -0.502. The zero-order valence-electron chi connectivity index (χ0n) is 10.3. The number of aromatic nitrogens is 2. The third kappa shape index (κ3) is 3.38. The van der Waals surface area contributed by atoms with Gasteiger partial charge in [-0.15, -0.1) is 0 Å². The molecule has 2 rings (SSSR count). The summed E-state index contributed by atoms with van der Waals surface area (Å²) in [5, 5.41) is 20.6. The van der Waals surface area contributed by atoms with E-state index in [0.29, 0.717) is 5.95 Å². The number of nitrogens with one attached hydrogen (secondary N) is 2. The molecular formula is C11H13N5O2S. The summed E-state index contributed by atoms with van der Waals surface area (Å²) in [7, 11) is 0. The monoisotopic (exact) mass is 279 g/mol. The summed E-state index contributed by atoms with van der Waals surface area (Å²) in [6.07, 6.45) is 2.13. The molecule has 0 aliphatic carbocycles. The van der Waals surface area contributed by atoms with Gasteiger partial charge in [0, 0.05) is 11.9 Å². The van der Waals surface area contributed by atoms with Crippen LogP contribution in [0, 0.1) is 10.1 Å². The average Bonchev–Trinajstić information content (AvgIpc) is 2.89. The van der Waals surface area contributed by atoms with Gasteiger partial charge in [0.2, 0.25) is 11.8 Å². The fraction of sp³-hybridized carbons (Fsp3) is 0.273. The topological polar surface area (TPSA) is 93.0 Å². The minimum absolute atomic E-state index is 0.145. The maximum Gasteiger partial charge on any atom is 0.329 e. The van der Waals surface area contributed by atoms with E-state index in [1.165, 1.54) is 17.5 Å². The Labute approximate surface area is 113 Å². The number of hydrogen-bond donors (Lipinski definition) is 2. The SMILES string of the molecule is CCCNc1ncc([N+](=O)[O-])c(Nc2ccsc2)n1. The van der Waals surface area contributed by atoms with E-state index >= 15 is 0 Å². The van der Waals surface area contributed by atoms with E-state index in [1.54, 1.807) is 0 Å². The van der Waals surface area contributed by atoms with Crippen LogP contribution < -0.4 is 10.6 Å². The largest absolute Gasteiger partial charge is 0.354 e. The van der Waals surface area contributed by atoms with Crippen molar-refractivity contribution in [1.82, 2.24) is 9.97 Å². The highest BCUT2D eigenvalue weighted by Gasteiger charge is 2.17. The summed E-state index contributed by atoms with van der Waals surface area (Å²) in [5.41, 5.74) is 0.626. The van der Waals surface area contributed by atoms with Gasteiger partial charge in [-0.2, -0.15) is 16.3 Å². The van der Waals surface area contributed by atoms with E-state index in [-0.39, 0.29) is 11.5 Å². The molecule has 2 aromatic heterocycles. The van der Waals surface area contributed by atoms with Crippen molar-refractivity contribution in [3.63, 3.8) is 0 Å². The lowest BCUT2D eigenvalue weighted by Gasteiger charge is -2.07. The number of hydrogen-bond acceptors (Lipinski definition) is 7. The summed E-state index contributed by atoms with van der Waals surface area (Å²) in [6, 6.07) is 1.83. The van der Waals surface area contributed by atoms with Crippen LogP contribution in [0.3, 0.4) is 0 Å². The molecule has 0 saturated heterocycles. The van der Waals surface area contributed by atoms with Crippen LogP contribution in [-0.4, -0.2) is 21.4 Å². The quantitative estimate of drug-likeness (QED) is 0.623. The van der Waals surface area contributed by atoms with Gasteiger partial charge in [-0.3, -0.25) is 10.1 Å². The lowest BCUT2D eigenvalue weighted by Crippen LogP contribution is -2.07. The van der Waals surface area contributed by atoms with Crippen molar-refractivity contribution in [2.45, 2.75) is 13.3 Å². The second kappa shape index (κ2) is 6.10. The number of thiophene rings is 1. The van der Waals surface area contributed by atoms with Crippen LogP contribution >= 0.6 is 11.3 Å². The van der Waals surface area contributed by atoms with E-state index in [1.807, 2.05) is 23.8 Å².